The Bertz CT molecular complexity index is 1620. The van der Waals surface area contributed by atoms with Crippen LogP contribution in [0.2, 0.25) is 0 Å². The fourth-order valence-corrected chi connectivity index (χ4v) is 6.47. The third kappa shape index (κ3) is 6.28. The fourth-order valence-electron chi connectivity index (χ4n) is 4.65. The van der Waals surface area contributed by atoms with Gasteiger partial charge >= 0.3 is 6.03 Å². The van der Waals surface area contributed by atoms with Crippen LogP contribution in [0.4, 0.5) is 10.5 Å². The maximum atomic E-state index is 13.7. The lowest BCUT2D eigenvalue weighted by Crippen LogP contribution is -2.50. The summed E-state index contributed by atoms with van der Waals surface area (Å²) in [7, 11) is -2.37. The van der Waals surface area contributed by atoms with E-state index in [9.17, 15) is 18.3 Å². The summed E-state index contributed by atoms with van der Waals surface area (Å²) in [5.74, 6) is 7.00. The van der Waals surface area contributed by atoms with Gasteiger partial charge in [0.25, 0.3) is 0 Å². The molecule has 2 amide bonds. The highest BCUT2D eigenvalue weighted by Crippen LogP contribution is 2.35. The number of carbonyl (C=O) groups excluding carboxylic acids is 1. The van der Waals surface area contributed by atoms with Crippen molar-refractivity contribution in [1.29, 1.82) is 0 Å². The Hall–Kier alpha value is -4.31. The molecule has 3 heterocycles. The van der Waals surface area contributed by atoms with E-state index >= 15 is 0 Å². The van der Waals surface area contributed by atoms with E-state index in [-0.39, 0.29) is 49.1 Å². The molecule has 2 N–H and O–H groups in total. The molecule has 0 aliphatic carbocycles. The molecule has 0 radical (unpaired) electrons. The van der Waals surface area contributed by atoms with Crippen LogP contribution in [0.15, 0.2) is 65.8 Å². The first-order valence-electron chi connectivity index (χ1n) is 13.4. The summed E-state index contributed by atoms with van der Waals surface area (Å²) in [5, 5.41) is 12.7. The van der Waals surface area contributed by atoms with Crippen molar-refractivity contribution in [3.63, 3.8) is 0 Å². The second-order valence-corrected chi connectivity index (χ2v) is 12.1. The number of aliphatic hydroxyl groups is 1. The smallest absolute Gasteiger partial charge is 0.321 e. The van der Waals surface area contributed by atoms with Gasteiger partial charge in [-0.25, -0.2) is 13.2 Å². The lowest BCUT2D eigenvalue weighted by Gasteiger charge is -2.37. The monoisotopic (exact) mass is 592 g/mol. The Morgan fingerprint density at radius 1 is 1.14 bits per heavy atom. The summed E-state index contributed by atoms with van der Waals surface area (Å²) < 4.78 is 45.8. The molecular formula is C30H32N4O7S. The molecule has 0 saturated heterocycles. The van der Waals surface area contributed by atoms with E-state index in [0.717, 1.165) is 0 Å². The minimum Gasteiger partial charge on any atom is -0.487 e. The summed E-state index contributed by atoms with van der Waals surface area (Å²) >= 11 is 0. The number of amides is 2. The highest BCUT2D eigenvalue weighted by molar-refractivity contribution is 7.89. The van der Waals surface area contributed by atoms with Crippen molar-refractivity contribution in [2.45, 2.75) is 30.9 Å². The number of hydrogen-bond donors (Lipinski definition) is 2. The number of nitrogens with one attached hydrogen (secondary N) is 1. The number of fused-ring (bicyclic) bond motifs is 2. The molecule has 0 bridgehead atoms. The van der Waals surface area contributed by atoms with Crippen molar-refractivity contribution in [1.82, 2.24) is 14.2 Å². The lowest BCUT2D eigenvalue weighted by atomic mass is 10.0. The van der Waals surface area contributed by atoms with Gasteiger partial charge in [0.2, 0.25) is 16.8 Å². The predicted octanol–water partition coefficient (Wildman–Crippen LogP) is 3.14. The summed E-state index contributed by atoms with van der Waals surface area (Å²) in [5.41, 5.74) is 1.80. The Kier molecular flexibility index (Phi) is 8.54. The van der Waals surface area contributed by atoms with Crippen LogP contribution in [0.25, 0.3) is 0 Å². The van der Waals surface area contributed by atoms with Gasteiger partial charge in [-0.3, -0.25) is 4.98 Å². The summed E-state index contributed by atoms with van der Waals surface area (Å²) in [6.45, 7) is 3.54. The van der Waals surface area contributed by atoms with Gasteiger partial charge in [-0.1, -0.05) is 18.8 Å². The second kappa shape index (κ2) is 12.3. The SMILES string of the molecule is C[C@H](CO)N1C[C@H](C)[C@H](CN(C)C(=O)Nc2ccc3c(c2)OCO3)Oc2cc(C#Cc3cccnc3)ccc2S1(=O)=O. The molecule has 3 atom stereocenters. The van der Waals surface area contributed by atoms with Gasteiger partial charge in [0.15, 0.2) is 11.5 Å². The van der Waals surface area contributed by atoms with Crippen LogP contribution >= 0.6 is 0 Å². The van der Waals surface area contributed by atoms with E-state index in [1.165, 1.54) is 15.3 Å². The molecule has 0 spiro atoms. The third-order valence-electron chi connectivity index (χ3n) is 7.10. The van der Waals surface area contributed by atoms with Gasteiger partial charge < -0.3 is 29.5 Å². The maximum absolute atomic E-state index is 13.7. The van der Waals surface area contributed by atoms with Crippen molar-refractivity contribution in [2.24, 2.45) is 5.92 Å². The molecule has 2 aliphatic heterocycles. The fraction of sp³-hybridized carbons (Fsp3) is 0.333. The van der Waals surface area contributed by atoms with Gasteiger partial charge in [0, 0.05) is 60.8 Å². The highest BCUT2D eigenvalue weighted by atomic mass is 32.2. The molecule has 0 unspecified atom stereocenters. The number of benzene rings is 2. The zero-order chi connectivity index (χ0) is 29.9. The number of aliphatic hydroxyl groups excluding tert-OH is 1. The van der Waals surface area contributed by atoms with Gasteiger partial charge in [-0.05, 0) is 49.4 Å². The first kappa shape index (κ1) is 29.2. The van der Waals surface area contributed by atoms with E-state index in [0.29, 0.717) is 28.3 Å². The Labute approximate surface area is 245 Å². The van der Waals surface area contributed by atoms with Crippen LogP contribution in [0.5, 0.6) is 17.2 Å². The van der Waals surface area contributed by atoms with E-state index < -0.39 is 22.2 Å². The Balaban J connectivity index is 1.42. The van der Waals surface area contributed by atoms with Crippen molar-refractivity contribution >= 4 is 21.7 Å². The first-order chi connectivity index (χ1) is 20.2. The second-order valence-electron chi connectivity index (χ2n) is 10.3. The van der Waals surface area contributed by atoms with Gasteiger partial charge in [-0.2, -0.15) is 4.31 Å². The molecule has 2 aliphatic rings. The standard InChI is InChI=1S/C30H32N4O7S/c1-20-16-34(21(2)18-35)42(37,38)29-11-8-22(6-7-23-5-4-12-31-15-23)13-27(29)41-28(20)17-33(3)30(36)32-24-9-10-25-26(14-24)40-19-39-25/h4-5,8-15,20-21,28,35H,16-19H2,1-3H3,(H,32,36)/t20-,21+,28-/m0/s1. The highest BCUT2D eigenvalue weighted by Gasteiger charge is 2.38. The number of pyridine rings is 1. The third-order valence-corrected chi connectivity index (χ3v) is 9.12. The number of nitrogens with zero attached hydrogens (tertiary/aromatic N) is 3. The molecule has 5 rings (SSSR count). The lowest BCUT2D eigenvalue weighted by molar-refractivity contribution is 0.0830. The predicted molar refractivity (Wildman–Crippen MR) is 155 cm³/mol. The number of hydrogen-bond acceptors (Lipinski definition) is 8. The number of urea groups is 1. The largest absolute Gasteiger partial charge is 0.487 e. The van der Waals surface area contributed by atoms with Gasteiger partial charge in [0.1, 0.15) is 16.7 Å². The minimum absolute atomic E-state index is 0.0286. The first-order valence-corrected chi connectivity index (χ1v) is 14.9. The number of sulfonamides is 1. The number of likely N-dealkylation sites (N-methyl/N-ethyl adjacent to an activating group) is 1. The zero-order valence-electron chi connectivity index (χ0n) is 23.5. The van der Waals surface area contributed by atoms with Crippen molar-refractivity contribution in [3.05, 3.63) is 72.1 Å². The quantitative estimate of drug-likeness (QED) is 0.432. The molecule has 42 heavy (non-hydrogen) atoms. The molecule has 2 aromatic carbocycles. The van der Waals surface area contributed by atoms with Crippen LogP contribution in [-0.2, 0) is 10.0 Å². The van der Waals surface area contributed by atoms with Crippen LogP contribution in [-0.4, -0.2) is 79.4 Å². The normalized spacial score (nSPS) is 19.6. The molecule has 3 aromatic rings. The summed E-state index contributed by atoms with van der Waals surface area (Å²) in [4.78, 5) is 18.6. The number of ether oxygens (including phenoxy) is 3. The maximum Gasteiger partial charge on any atom is 0.321 e. The number of carbonyl (C=O) groups is 1. The minimum atomic E-state index is -4.01. The molecule has 12 heteroatoms. The van der Waals surface area contributed by atoms with Crippen molar-refractivity contribution in [3.8, 4) is 29.1 Å². The molecule has 0 fully saturated rings. The van der Waals surface area contributed by atoms with Crippen LogP contribution in [0.3, 0.4) is 0 Å². The van der Waals surface area contributed by atoms with Gasteiger partial charge in [-0.15, -0.1) is 0 Å². The van der Waals surface area contributed by atoms with E-state index in [1.807, 2.05) is 13.0 Å². The molecule has 0 saturated carbocycles. The van der Waals surface area contributed by atoms with E-state index in [4.69, 9.17) is 14.2 Å². The number of rotatable bonds is 5. The topological polar surface area (TPSA) is 131 Å². The Morgan fingerprint density at radius 2 is 1.93 bits per heavy atom. The molecule has 220 valence electrons. The van der Waals surface area contributed by atoms with Crippen molar-refractivity contribution in [2.75, 3.05) is 38.9 Å². The zero-order valence-corrected chi connectivity index (χ0v) is 24.3. The van der Waals surface area contributed by atoms with Crippen LogP contribution < -0.4 is 19.5 Å². The average molecular weight is 593 g/mol. The van der Waals surface area contributed by atoms with Crippen LogP contribution in [0, 0.1) is 17.8 Å². The Morgan fingerprint density at radius 3 is 2.69 bits per heavy atom. The summed E-state index contributed by atoms with van der Waals surface area (Å²) in [6, 6.07) is 12.4. The van der Waals surface area contributed by atoms with Crippen LogP contribution in [0.1, 0.15) is 25.0 Å². The van der Waals surface area contributed by atoms with Crippen molar-refractivity contribution < 1.29 is 32.5 Å². The molecule has 1 aromatic heterocycles. The van der Waals surface area contributed by atoms with E-state index in [2.05, 4.69) is 22.1 Å². The number of aromatic nitrogens is 1. The van der Waals surface area contributed by atoms with Gasteiger partial charge in [0.05, 0.1) is 13.2 Å². The number of anilines is 1. The average Bonchev–Trinajstić information content (AvgIpc) is 3.46. The molecular weight excluding hydrogens is 560 g/mol. The molecule has 11 nitrogen and oxygen atoms in total. The summed E-state index contributed by atoms with van der Waals surface area (Å²) in [6.07, 6.45) is 2.71. The van der Waals surface area contributed by atoms with E-state index in [1.54, 1.807) is 62.8 Å².